The zero-order valence-corrected chi connectivity index (χ0v) is 23.0. The fraction of sp³-hybridized carbons (Fsp3) is 0.481. The molecule has 198 valence electrons. The maximum absolute atomic E-state index is 13.5. The predicted octanol–water partition coefficient (Wildman–Crippen LogP) is 3.88. The van der Waals surface area contributed by atoms with Gasteiger partial charge in [0.25, 0.3) is 0 Å². The molecule has 0 spiro atoms. The number of hydrogen-bond donors (Lipinski definition) is 1. The van der Waals surface area contributed by atoms with Crippen LogP contribution in [0, 0.1) is 6.92 Å². The highest BCUT2D eigenvalue weighted by atomic mass is 32.2. The van der Waals surface area contributed by atoms with Gasteiger partial charge in [-0.25, -0.2) is 8.42 Å². The smallest absolute Gasteiger partial charge is 0.243 e. The van der Waals surface area contributed by atoms with Crippen molar-refractivity contribution in [1.82, 2.24) is 10.2 Å². The van der Waals surface area contributed by atoms with Crippen molar-refractivity contribution in [2.24, 2.45) is 0 Å². The molecule has 0 saturated heterocycles. The summed E-state index contributed by atoms with van der Waals surface area (Å²) in [5, 5.41) is 2.92. The topological polar surface area (TPSA) is 96.0 Å². The first-order chi connectivity index (χ1) is 17.0. The molecule has 1 atom stereocenters. The van der Waals surface area contributed by atoms with E-state index in [0.29, 0.717) is 24.4 Å². The molecule has 0 fully saturated rings. The molecule has 2 amide bonds. The van der Waals surface area contributed by atoms with Gasteiger partial charge in [-0.05, 0) is 51.3 Å². The fourth-order valence-electron chi connectivity index (χ4n) is 4.13. The Labute approximate surface area is 215 Å². The summed E-state index contributed by atoms with van der Waals surface area (Å²) in [5.74, 6) is 0.0442. The number of amides is 2. The molecule has 8 nitrogen and oxygen atoms in total. The second-order valence-electron chi connectivity index (χ2n) is 9.21. The summed E-state index contributed by atoms with van der Waals surface area (Å²) in [5.41, 5.74) is 2.43. The molecule has 0 aliphatic heterocycles. The Balaban J connectivity index is 2.25. The SMILES string of the molecule is CC[C@H](C(=O)NC(C)C)N(Cc1cccc(C)c1)C(=O)CCCN(c1ccccc1OC)S(C)(=O)=O. The maximum Gasteiger partial charge on any atom is 0.243 e. The van der Waals surface area contributed by atoms with Crippen molar-refractivity contribution in [3.63, 3.8) is 0 Å². The molecule has 36 heavy (non-hydrogen) atoms. The van der Waals surface area contributed by atoms with Crippen molar-refractivity contribution in [2.45, 2.75) is 65.6 Å². The van der Waals surface area contributed by atoms with Gasteiger partial charge in [-0.3, -0.25) is 13.9 Å². The lowest BCUT2D eigenvalue weighted by Crippen LogP contribution is -2.50. The fourth-order valence-corrected chi connectivity index (χ4v) is 5.09. The van der Waals surface area contributed by atoms with Crippen LogP contribution in [0.3, 0.4) is 0 Å². The van der Waals surface area contributed by atoms with Crippen LogP contribution in [-0.2, 0) is 26.2 Å². The Morgan fingerprint density at radius 2 is 1.78 bits per heavy atom. The number of carbonyl (C=O) groups excluding carboxylic acids is 2. The van der Waals surface area contributed by atoms with Crippen molar-refractivity contribution < 1.29 is 22.7 Å². The van der Waals surface area contributed by atoms with E-state index in [4.69, 9.17) is 4.74 Å². The quantitative estimate of drug-likeness (QED) is 0.435. The molecule has 0 aromatic heterocycles. The first-order valence-corrected chi connectivity index (χ1v) is 14.1. The summed E-state index contributed by atoms with van der Waals surface area (Å²) in [6, 6.07) is 14.1. The molecule has 1 N–H and O–H groups in total. The van der Waals surface area contributed by atoms with Crippen LogP contribution in [0.1, 0.15) is 51.2 Å². The average molecular weight is 518 g/mol. The molecule has 0 saturated carbocycles. The first kappa shape index (κ1) is 29.2. The molecule has 9 heteroatoms. The van der Waals surface area contributed by atoms with Crippen molar-refractivity contribution in [2.75, 3.05) is 24.2 Å². The standard InChI is InChI=1S/C27H39N3O5S/c1-7-23(27(32)28-20(2)3)29(19-22-13-10-12-21(4)18-22)26(31)16-11-17-30(36(6,33)34)24-14-8-9-15-25(24)35-5/h8-10,12-15,18,20,23H,7,11,16-17,19H2,1-6H3,(H,28,32)/t23-/m1/s1. The highest BCUT2D eigenvalue weighted by Gasteiger charge is 2.29. The van der Waals surface area contributed by atoms with E-state index in [0.717, 1.165) is 17.4 Å². The van der Waals surface area contributed by atoms with Crippen LogP contribution in [0.5, 0.6) is 5.75 Å². The molecular weight excluding hydrogens is 478 g/mol. The Hall–Kier alpha value is -3.07. The molecule has 0 heterocycles. The molecule has 0 radical (unpaired) electrons. The molecule has 0 unspecified atom stereocenters. The number of methoxy groups -OCH3 is 1. The third-order valence-corrected chi connectivity index (χ3v) is 6.94. The zero-order chi connectivity index (χ0) is 26.9. The molecule has 2 aromatic rings. The number of carbonyl (C=O) groups is 2. The van der Waals surface area contributed by atoms with Crippen LogP contribution < -0.4 is 14.4 Å². The lowest BCUT2D eigenvalue weighted by molar-refractivity contribution is -0.141. The van der Waals surface area contributed by atoms with E-state index < -0.39 is 16.1 Å². The minimum Gasteiger partial charge on any atom is -0.495 e. The molecular formula is C27H39N3O5S. The number of rotatable bonds is 13. The second kappa shape index (κ2) is 13.3. The van der Waals surface area contributed by atoms with E-state index in [9.17, 15) is 18.0 Å². The molecule has 2 aromatic carbocycles. The number of benzene rings is 2. The Morgan fingerprint density at radius 3 is 2.36 bits per heavy atom. The lowest BCUT2D eigenvalue weighted by atomic mass is 10.1. The van der Waals surface area contributed by atoms with Gasteiger partial charge >= 0.3 is 0 Å². The van der Waals surface area contributed by atoms with Gasteiger partial charge in [-0.2, -0.15) is 0 Å². The van der Waals surface area contributed by atoms with Crippen LogP contribution in [0.15, 0.2) is 48.5 Å². The van der Waals surface area contributed by atoms with Crippen molar-refractivity contribution in [3.05, 3.63) is 59.7 Å². The van der Waals surface area contributed by atoms with Gasteiger partial charge in [0, 0.05) is 25.6 Å². The summed E-state index contributed by atoms with van der Waals surface area (Å²) < 4.78 is 31.7. The Kier molecular flexibility index (Phi) is 10.8. The zero-order valence-electron chi connectivity index (χ0n) is 22.2. The lowest BCUT2D eigenvalue weighted by Gasteiger charge is -2.31. The number of nitrogens with zero attached hydrogens (tertiary/aromatic N) is 2. The Morgan fingerprint density at radius 1 is 1.08 bits per heavy atom. The van der Waals surface area contributed by atoms with E-state index in [1.807, 2.05) is 52.0 Å². The minimum atomic E-state index is -3.61. The highest BCUT2D eigenvalue weighted by molar-refractivity contribution is 7.92. The van der Waals surface area contributed by atoms with Gasteiger partial charge in [0.2, 0.25) is 21.8 Å². The summed E-state index contributed by atoms with van der Waals surface area (Å²) in [4.78, 5) is 28.0. The number of anilines is 1. The number of sulfonamides is 1. The number of ether oxygens (including phenoxy) is 1. The third-order valence-electron chi connectivity index (χ3n) is 5.76. The second-order valence-corrected chi connectivity index (χ2v) is 11.1. The number of aryl methyl sites for hydroxylation is 1. The van der Waals surface area contributed by atoms with Crippen molar-refractivity contribution in [3.8, 4) is 5.75 Å². The van der Waals surface area contributed by atoms with E-state index in [1.165, 1.54) is 11.4 Å². The minimum absolute atomic E-state index is 0.0494. The summed E-state index contributed by atoms with van der Waals surface area (Å²) in [6.07, 6.45) is 1.98. The van der Waals surface area contributed by atoms with Gasteiger partial charge in [-0.15, -0.1) is 0 Å². The first-order valence-electron chi connectivity index (χ1n) is 12.2. The normalized spacial score (nSPS) is 12.2. The van der Waals surface area contributed by atoms with E-state index in [1.54, 1.807) is 29.2 Å². The third kappa shape index (κ3) is 8.26. The van der Waals surface area contributed by atoms with Crippen LogP contribution in [-0.4, -0.2) is 57.1 Å². The van der Waals surface area contributed by atoms with Crippen molar-refractivity contribution in [1.29, 1.82) is 0 Å². The highest BCUT2D eigenvalue weighted by Crippen LogP contribution is 2.29. The molecule has 0 bridgehead atoms. The van der Waals surface area contributed by atoms with Gasteiger partial charge in [0.1, 0.15) is 11.8 Å². The number of para-hydroxylation sites is 2. The van der Waals surface area contributed by atoms with Crippen molar-refractivity contribution >= 4 is 27.5 Å². The Bertz CT molecular complexity index is 1130. The monoisotopic (exact) mass is 517 g/mol. The van der Waals surface area contributed by atoms with E-state index >= 15 is 0 Å². The van der Waals surface area contributed by atoms with E-state index in [2.05, 4.69) is 5.32 Å². The molecule has 0 aliphatic carbocycles. The van der Waals surface area contributed by atoms with Gasteiger partial charge in [-0.1, -0.05) is 48.9 Å². The van der Waals surface area contributed by atoms with Crippen LogP contribution in [0.2, 0.25) is 0 Å². The van der Waals surface area contributed by atoms with Gasteiger partial charge in [0.15, 0.2) is 0 Å². The summed E-state index contributed by atoms with van der Waals surface area (Å²) >= 11 is 0. The average Bonchev–Trinajstić information content (AvgIpc) is 2.80. The van der Waals surface area contributed by atoms with Gasteiger partial charge < -0.3 is 15.0 Å². The number of hydrogen-bond acceptors (Lipinski definition) is 5. The van der Waals surface area contributed by atoms with Gasteiger partial charge in [0.05, 0.1) is 19.1 Å². The number of nitrogens with one attached hydrogen (secondary N) is 1. The van der Waals surface area contributed by atoms with Crippen LogP contribution in [0.25, 0.3) is 0 Å². The van der Waals surface area contributed by atoms with E-state index in [-0.39, 0.29) is 37.2 Å². The summed E-state index contributed by atoms with van der Waals surface area (Å²) in [6.45, 7) is 8.04. The van der Waals surface area contributed by atoms with Crippen LogP contribution >= 0.6 is 0 Å². The molecule has 2 rings (SSSR count). The predicted molar refractivity (Wildman–Crippen MR) is 144 cm³/mol. The summed E-state index contributed by atoms with van der Waals surface area (Å²) in [7, 11) is -2.12. The molecule has 0 aliphatic rings. The maximum atomic E-state index is 13.5. The largest absolute Gasteiger partial charge is 0.495 e. The van der Waals surface area contributed by atoms with Crippen LogP contribution in [0.4, 0.5) is 5.69 Å².